The second-order valence-corrected chi connectivity index (χ2v) is 6.86. The molecule has 0 bridgehead atoms. The van der Waals surface area contributed by atoms with E-state index in [4.69, 9.17) is 0 Å². The molecule has 3 heterocycles. The van der Waals surface area contributed by atoms with Gasteiger partial charge in [-0.1, -0.05) is 6.07 Å². The first-order valence-electron chi connectivity index (χ1n) is 8.03. The fourth-order valence-electron chi connectivity index (χ4n) is 3.69. The largest absolute Gasteiger partial charge is 0.385 e. The molecule has 22 heavy (non-hydrogen) atoms. The first-order valence-corrected chi connectivity index (χ1v) is 8.98. The Bertz CT molecular complexity index is 680. The van der Waals surface area contributed by atoms with Crippen LogP contribution in [0.15, 0.2) is 35.0 Å². The molecular weight excluding hydrogens is 292 g/mol. The topological polar surface area (TPSA) is 32.3 Å². The van der Waals surface area contributed by atoms with Gasteiger partial charge in [-0.2, -0.15) is 11.3 Å². The summed E-state index contributed by atoms with van der Waals surface area (Å²) in [5.74, 6) is 0.203. The van der Waals surface area contributed by atoms with E-state index in [1.165, 1.54) is 11.1 Å². The van der Waals surface area contributed by atoms with Gasteiger partial charge in [0.15, 0.2) is 0 Å². The third-order valence-corrected chi connectivity index (χ3v) is 5.47. The van der Waals surface area contributed by atoms with E-state index in [0.717, 1.165) is 50.0 Å². The first kappa shape index (κ1) is 13.8. The Morgan fingerprint density at radius 2 is 2.23 bits per heavy atom. The number of hydrogen-bond donors (Lipinski definition) is 1. The van der Waals surface area contributed by atoms with Crippen LogP contribution < -0.4 is 5.32 Å². The number of carbonyl (C=O) groups is 1. The van der Waals surface area contributed by atoms with E-state index in [9.17, 15) is 4.79 Å². The molecule has 3 nitrogen and oxygen atoms in total. The van der Waals surface area contributed by atoms with Gasteiger partial charge in [-0.05, 0) is 65.8 Å². The zero-order valence-corrected chi connectivity index (χ0v) is 13.4. The minimum Gasteiger partial charge on any atom is -0.385 e. The molecule has 2 aromatic rings. The Balaban J connectivity index is 1.67. The van der Waals surface area contributed by atoms with Gasteiger partial charge in [-0.15, -0.1) is 0 Å². The van der Waals surface area contributed by atoms with Crippen molar-refractivity contribution in [2.24, 2.45) is 0 Å². The number of hydrogen-bond acceptors (Lipinski definition) is 3. The van der Waals surface area contributed by atoms with Crippen molar-refractivity contribution in [1.29, 1.82) is 0 Å². The minimum absolute atomic E-state index is 0.203. The number of carbonyl (C=O) groups excluding carboxylic acids is 1. The Kier molecular flexibility index (Phi) is 3.62. The Hall–Kier alpha value is -1.81. The SMILES string of the molecule is O=C(c1cccc2c1CCCN2)N1CCCC1c1ccsc1. The quantitative estimate of drug-likeness (QED) is 0.906. The summed E-state index contributed by atoms with van der Waals surface area (Å²) < 4.78 is 0. The average molecular weight is 312 g/mol. The molecule has 2 aliphatic rings. The fraction of sp³-hybridized carbons (Fsp3) is 0.389. The van der Waals surface area contributed by atoms with Crippen LogP contribution in [0, 0.1) is 0 Å². The number of anilines is 1. The predicted molar refractivity (Wildman–Crippen MR) is 90.6 cm³/mol. The third-order valence-electron chi connectivity index (χ3n) is 4.77. The molecule has 0 saturated carbocycles. The maximum absolute atomic E-state index is 13.1. The summed E-state index contributed by atoms with van der Waals surface area (Å²) in [7, 11) is 0. The molecule has 1 aromatic heterocycles. The van der Waals surface area contributed by atoms with Crippen molar-refractivity contribution in [2.45, 2.75) is 31.7 Å². The number of thiophene rings is 1. The summed E-state index contributed by atoms with van der Waals surface area (Å²) >= 11 is 1.71. The van der Waals surface area contributed by atoms with Crippen LogP contribution in [0.25, 0.3) is 0 Å². The second-order valence-electron chi connectivity index (χ2n) is 6.08. The highest BCUT2D eigenvalue weighted by atomic mass is 32.1. The summed E-state index contributed by atoms with van der Waals surface area (Å²) in [6.07, 6.45) is 4.28. The zero-order valence-electron chi connectivity index (χ0n) is 12.5. The van der Waals surface area contributed by atoms with Gasteiger partial charge in [-0.25, -0.2) is 0 Å². The predicted octanol–water partition coefficient (Wildman–Crippen LogP) is 4.08. The number of fused-ring (bicyclic) bond motifs is 1. The van der Waals surface area contributed by atoms with Gasteiger partial charge in [0.05, 0.1) is 6.04 Å². The van der Waals surface area contributed by atoms with Gasteiger partial charge in [-0.3, -0.25) is 4.79 Å². The summed E-state index contributed by atoms with van der Waals surface area (Å²) in [6.45, 7) is 1.88. The Morgan fingerprint density at radius 1 is 1.27 bits per heavy atom. The molecule has 4 heteroatoms. The van der Waals surface area contributed by atoms with Crippen molar-refractivity contribution in [3.63, 3.8) is 0 Å². The molecule has 1 unspecified atom stereocenters. The molecule has 114 valence electrons. The van der Waals surface area contributed by atoms with Crippen molar-refractivity contribution in [3.8, 4) is 0 Å². The van der Waals surface area contributed by atoms with Crippen LogP contribution in [-0.2, 0) is 6.42 Å². The maximum Gasteiger partial charge on any atom is 0.254 e. The van der Waals surface area contributed by atoms with Gasteiger partial charge in [0.2, 0.25) is 0 Å². The Labute approximate surface area is 135 Å². The van der Waals surface area contributed by atoms with Gasteiger partial charge in [0.1, 0.15) is 0 Å². The standard InChI is InChI=1S/C18H20N2OS/c21-18(15-4-1-6-16-14(15)5-2-9-19-16)20-10-3-7-17(20)13-8-11-22-12-13/h1,4,6,8,11-12,17,19H,2-3,5,7,9-10H2. The monoisotopic (exact) mass is 312 g/mol. The van der Waals surface area contributed by atoms with Crippen LogP contribution in [-0.4, -0.2) is 23.9 Å². The van der Waals surface area contributed by atoms with Crippen LogP contribution in [0.3, 0.4) is 0 Å². The molecule has 1 aromatic carbocycles. The van der Waals surface area contributed by atoms with Crippen molar-refractivity contribution in [3.05, 3.63) is 51.7 Å². The van der Waals surface area contributed by atoms with Crippen LogP contribution in [0.4, 0.5) is 5.69 Å². The lowest BCUT2D eigenvalue weighted by atomic mass is 9.96. The molecule has 2 aliphatic heterocycles. The van der Waals surface area contributed by atoms with Crippen LogP contribution >= 0.6 is 11.3 Å². The van der Waals surface area contributed by atoms with E-state index in [1.54, 1.807) is 11.3 Å². The van der Waals surface area contributed by atoms with Gasteiger partial charge in [0, 0.05) is 24.3 Å². The lowest BCUT2D eigenvalue weighted by Gasteiger charge is -2.27. The highest BCUT2D eigenvalue weighted by Gasteiger charge is 2.32. The normalized spacial score (nSPS) is 20.5. The van der Waals surface area contributed by atoms with Gasteiger partial charge >= 0.3 is 0 Å². The maximum atomic E-state index is 13.1. The molecule has 1 N–H and O–H groups in total. The van der Waals surface area contributed by atoms with E-state index in [2.05, 4.69) is 33.1 Å². The minimum atomic E-state index is 0.203. The molecule has 0 spiro atoms. The van der Waals surface area contributed by atoms with Crippen LogP contribution in [0.5, 0.6) is 0 Å². The summed E-state index contributed by atoms with van der Waals surface area (Å²) in [5.41, 5.74) is 4.53. The first-order chi connectivity index (χ1) is 10.8. The number of likely N-dealkylation sites (tertiary alicyclic amines) is 1. The van der Waals surface area contributed by atoms with Crippen LogP contribution in [0.1, 0.15) is 46.8 Å². The number of nitrogens with zero attached hydrogens (tertiary/aromatic N) is 1. The van der Waals surface area contributed by atoms with Crippen molar-refractivity contribution in [1.82, 2.24) is 4.90 Å². The van der Waals surface area contributed by atoms with E-state index in [1.807, 2.05) is 12.1 Å². The summed E-state index contributed by atoms with van der Waals surface area (Å²) in [5, 5.41) is 7.70. The number of amides is 1. The van der Waals surface area contributed by atoms with Crippen molar-refractivity contribution < 1.29 is 4.79 Å². The van der Waals surface area contributed by atoms with Crippen molar-refractivity contribution >= 4 is 22.9 Å². The number of rotatable bonds is 2. The molecular formula is C18H20N2OS. The average Bonchev–Trinajstić information content (AvgIpc) is 3.24. The lowest BCUT2D eigenvalue weighted by Crippen LogP contribution is -2.31. The second kappa shape index (κ2) is 5.76. The van der Waals surface area contributed by atoms with Gasteiger partial charge < -0.3 is 10.2 Å². The fourth-order valence-corrected chi connectivity index (χ4v) is 4.39. The van der Waals surface area contributed by atoms with Crippen molar-refractivity contribution in [2.75, 3.05) is 18.4 Å². The van der Waals surface area contributed by atoms with E-state index >= 15 is 0 Å². The molecule has 1 saturated heterocycles. The number of benzene rings is 1. The van der Waals surface area contributed by atoms with E-state index < -0.39 is 0 Å². The van der Waals surface area contributed by atoms with E-state index in [-0.39, 0.29) is 11.9 Å². The molecule has 0 aliphatic carbocycles. The smallest absolute Gasteiger partial charge is 0.254 e. The van der Waals surface area contributed by atoms with E-state index in [0.29, 0.717) is 0 Å². The molecule has 0 radical (unpaired) electrons. The lowest BCUT2D eigenvalue weighted by molar-refractivity contribution is 0.0734. The highest BCUT2D eigenvalue weighted by Crippen LogP contribution is 2.35. The summed E-state index contributed by atoms with van der Waals surface area (Å²) in [4.78, 5) is 15.2. The third kappa shape index (κ3) is 2.31. The summed E-state index contributed by atoms with van der Waals surface area (Å²) in [6, 6.07) is 8.50. The molecule has 1 amide bonds. The zero-order chi connectivity index (χ0) is 14.9. The number of nitrogens with one attached hydrogen (secondary N) is 1. The molecule has 1 fully saturated rings. The Morgan fingerprint density at radius 3 is 3.09 bits per heavy atom. The highest BCUT2D eigenvalue weighted by molar-refractivity contribution is 7.08. The van der Waals surface area contributed by atoms with Gasteiger partial charge in [0.25, 0.3) is 5.91 Å². The van der Waals surface area contributed by atoms with Crippen LogP contribution in [0.2, 0.25) is 0 Å². The molecule has 4 rings (SSSR count). The molecule has 1 atom stereocenters.